The lowest BCUT2D eigenvalue weighted by molar-refractivity contribution is -0.116. The van der Waals surface area contributed by atoms with E-state index in [0.29, 0.717) is 0 Å². The molecule has 2 saturated heterocycles. The Hall–Kier alpha value is -1.50. The van der Waals surface area contributed by atoms with Crippen LogP contribution in [-0.4, -0.2) is 53.3 Å². The van der Waals surface area contributed by atoms with Gasteiger partial charge >= 0.3 is 0 Å². The van der Waals surface area contributed by atoms with Gasteiger partial charge in [0.25, 0.3) is 0 Å². The number of hydrogen-bond acceptors (Lipinski definition) is 6. The molecule has 5 nitrogen and oxygen atoms in total. The third-order valence-electron chi connectivity index (χ3n) is 5.02. The predicted octanol–water partition coefficient (Wildman–Crippen LogP) is 2.80. The molecule has 0 radical (unpaired) electrons. The lowest BCUT2D eigenvalue weighted by Gasteiger charge is -2.42. The van der Waals surface area contributed by atoms with Crippen molar-refractivity contribution < 1.29 is 4.74 Å². The Balaban J connectivity index is 1.41. The molecular formula is C18H24N4OS. The van der Waals surface area contributed by atoms with Crippen molar-refractivity contribution in [2.45, 2.75) is 31.4 Å². The first-order valence-corrected chi connectivity index (χ1v) is 9.62. The van der Waals surface area contributed by atoms with Crippen LogP contribution in [0.1, 0.15) is 24.1 Å². The number of morpholine rings is 1. The first kappa shape index (κ1) is 16.0. The Kier molecular flexibility index (Phi) is 4.78. The number of rotatable bonds is 3. The highest BCUT2D eigenvalue weighted by molar-refractivity contribution is 7.09. The van der Waals surface area contributed by atoms with Gasteiger partial charge in [-0.25, -0.2) is 9.97 Å². The topological polar surface area (TPSA) is 41.5 Å². The van der Waals surface area contributed by atoms with E-state index >= 15 is 0 Å². The predicted molar refractivity (Wildman–Crippen MR) is 96.4 cm³/mol. The summed E-state index contributed by atoms with van der Waals surface area (Å²) in [5.74, 6) is 0.848. The molecule has 0 bridgehead atoms. The van der Waals surface area contributed by atoms with E-state index in [9.17, 15) is 0 Å². The van der Waals surface area contributed by atoms with Gasteiger partial charge in [-0.3, -0.25) is 4.90 Å². The van der Waals surface area contributed by atoms with Crippen LogP contribution in [0, 0.1) is 0 Å². The average molecular weight is 344 g/mol. The monoisotopic (exact) mass is 344 g/mol. The zero-order valence-electron chi connectivity index (χ0n) is 13.9. The molecule has 0 saturated carbocycles. The van der Waals surface area contributed by atoms with Gasteiger partial charge < -0.3 is 9.64 Å². The molecule has 2 aromatic heterocycles. The summed E-state index contributed by atoms with van der Waals surface area (Å²) in [5.41, 5.74) is -0.000952. The van der Waals surface area contributed by atoms with E-state index in [4.69, 9.17) is 4.74 Å². The molecule has 6 heteroatoms. The molecule has 24 heavy (non-hydrogen) atoms. The quantitative estimate of drug-likeness (QED) is 0.856. The SMILES string of the molecule is c1cnc(N2CCC[C@@]3(CC2)CN(Cc2cccs2)CCO3)nc1. The van der Waals surface area contributed by atoms with Crippen LogP contribution in [0.25, 0.3) is 0 Å². The van der Waals surface area contributed by atoms with Crippen molar-refractivity contribution in [2.24, 2.45) is 0 Å². The summed E-state index contributed by atoms with van der Waals surface area (Å²) in [5, 5.41) is 2.16. The van der Waals surface area contributed by atoms with Crippen LogP contribution in [0.15, 0.2) is 36.0 Å². The van der Waals surface area contributed by atoms with E-state index in [1.807, 2.05) is 29.8 Å². The lowest BCUT2D eigenvalue weighted by Crippen LogP contribution is -2.51. The fraction of sp³-hybridized carbons (Fsp3) is 0.556. The largest absolute Gasteiger partial charge is 0.372 e. The van der Waals surface area contributed by atoms with E-state index in [1.54, 1.807) is 0 Å². The first-order valence-electron chi connectivity index (χ1n) is 8.74. The zero-order valence-corrected chi connectivity index (χ0v) is 14.7. The standard InChI is InChI=1S/C18H24N4OS/c1-4-16(24-13-1)14-21-11-12-23-18(15-21)5-2-9-22(10-6-18)17-19-7-3-8-20-17/h1,3-4,7-8,13H,2,5-6,9-12,14-15H2/t18-/m1/s1. The molecular weight excluding hydrogens is 320 g/mol. The molecule has 0 amide bonds. The normalized spacial score (nSPS) is 25.8. The van der Waals surface area contributed by atoms with E-state index in [1.165, 1.54) is 4.88 Å². The molecule has 128 valence electrons. The maximum absolute atomic E-state index is 6.31. The van der Waals surface area contributed by atoms with Crippen LogP contribution in [0.5, 0.6) is 0 Å². The molecule has 1 spiro atoms. The third-order valence-corrected chi connectivity index (χ3v) is 5.88. The molecule has 4 rings (SSSR count). The van der Waals surface area contributed by atoms with Gasteiger partial charge in [0.05, 0.1) is 12.2 Å². The van der Waals surface area contributed by atoms with Crippen LogP contribution in [0.2, 0.25) is 0 Å². The summed E-state index contributed by atoms with van der Waals surface area (Å²) in [6.07, 6.45) is 6.94. The van der Waals surface area contributed by atoms with Crippen LogP contribution in [0.4, 0.5) is 5.95 Å². The second-order valence-electron chi connectivity index (χ2n) is 6.71. The van der Waals surface area contributed by atoms with E-state index in [0.717, 1.165) is 64.5 Å². The maximum atomic E-state index is 6.31. The summed E-state index contributed by atoms with van der Waals surface area (Å²) in [6, 6.07) is 6.24. The molecule has 2 aromatic rings. The lowest BCUT2D eigenvalue weighted by atomic mass is 9.92. The van der Waals surface area contributed by atoms with Gasteiger partial charge in [0.15, 0.2) is 0 Å². The second kappa shape index (κ2) is 7.17. The molecule has 0 aliphatic carbocycles. The van der Waals surface area contributed by atoms with Crippen LogP contribution in [-0.2, 0) is 11.3 Å². The van der Waals surface area contributed by atoms with Gasteiger partial charge in [-0.15, -0.1) is 11.3 Å². The number of ether oxygens (including phenoxy) is 1. The smallest absolute Gasteiger partial charge is 0.225 e. The number of anilines is 1. The van der Waals surface area contributed by atoms with Gasteiger partial charge in [-0.05, 0) is 36.8 Å². The molecule has 0 aromatic carbocycles. The summed E-state index contributed by atoms with van der Waals surface area (Å²) in [4.78, 5) is 15.1. The summed E-state index contributed by atoms with van der Waals surface area (Å²) < 4.78 is 6.31. The Morgan fingerprint density at radius 2 is 2.04 bits per heavy atom. The van der Waals surface area contributed by atoms with Crippen molar-refractivity contribution in [3.8, 4) is 0 Å². The highest BCUT2D eigenvalue weighted by Crippen LogP contribution is 2.31. The average Bonchev–Trinajstić information content (AvgIpc) is 3.04. The van der Waals surface area contributed by atoms with Crippen molar-refractivity contribution >= 4 is 17.3 Å². The molecule has 2 aliphatic heterocycles. The summed E-state index contributed by atoms with van der Waals surface area (Å²) >= 11 is 1.85. The number of hydrogen-bond donors (Lipinski definition) is 0. The van der Waals surface area contributed by atoms with E-state index in [-0.39, 0.29) is 5.60 Å². The minimum atomic E-state index is -0.000952. The van der Waals surface area contributed by atoms with Gasteiger partial charge in [0.2, 0.25) is 5.95 Å². The van der Waals surface area contributed by atoms with Gasteiger partial charge in [-0.1, -0.05) is 6.07 Å². The molecule has 1 atom stereocenters. The zero-order chi connectivity index (χ0) is 16.2. The fourth-order valence-electron chi connectivity index (χ4n) is 3.81. The van der Waals surface area contributed by atoms with Crippen LogP contribution < -0.4 is 4.90 Å². The van der Waals surface area contributed by atoms with E-state index < -0.39 is 0 Å². The summed E-state index contributed by atoms with van der Waals surface area (Å²) in [7, 11) is 0. The Morgan fingerprint density at radius 3 is 2.88 bits per heavy atom. The van der Waals surface area contributed by atoms with Gasteiger partial charge in [-0.2, -0.15) is 0 Å². The highest BCUT2D eigenvalue weighted by atomic mass is 32.1. The molecule has 0 unspecified atom stereocenters. The minimum absolute atomic E-state index is 0.000952. The Morgan fingerprint density at radius 1 is 1.12 bits per heavy atom. The Bertz CT molecular complexity index is 636. The highest BCUT2D eigenvalue weighted by Gasteiger charge is 2.38. The minimum Gasteiger partial charge on any atom is -0.372 e. The van der Waals surface area contributed by atoms with Crippen molar-refractivity contribution in [3.05, 3.63) is 40.8 Å². The number of aromatic nitrogens is 2. The van der Waals surface area contributed by atoms with Crippen molar-refractivity contribution in [1.82, 2.24) is 14.9 Å². The van der Waals surface area contributed by atoms with Gasteiger partial charge in [0.1, 0.15) is 0 Å². The van der Waals surface area contributed by atoms with E-state index in [2.05, 4.69) is 37.3 Å². The molecule has 4 heterocycles. The summed E-state index contributed by atoms with van der Waals surface area (Å²) in [6.45, 7) is 5.94. The third kappa shape index (κ3) is 3.61. The van der Waals surface area contributed by atoms with Crippen LogP contribution >= 0.6 is 11.3 Å². The van der Waals surface area contributed by atoms with Crippen molar-refractivity contribution in [3.63, 3.8) is 0 Å². The van der Waals surface area contributed by atoms with Gasteiger partial charge in [0, 0.05) is 50.0 Å². The van der Waals surface area contributed by atoms with Crippen molar-refractivity contribution in [1.29, 1.82) is 0 Å². The maximum Gasteiger partial charge on any atom is 0.225 e. The number of nitrogens with zero attached hydrogens (tertiary/aromatic N) is 4. The first-order chi connectivity index (χ1) is 11.8. The number of thiophene rings is 1. The Labute approximate surface area is 147 Å². The van der Waals surface area contributed by atoms with Crippen molar-refractivity contribution in [2.75, 3.05) is 37.7 Å². The molecule has 2 aliphatic rings. The van der Waals surface area contributed by atoms with Crippen LogP contribution in [0.3, 0.4) is 0 Å². The molecule has 2 fully saturated rings. The fourth-order valence-corrected chi connectivity index (χ4v) is 4.55. The molecule has 0 N–H and O–H groups in total. The second-order valence-corrected chi connectivity index (χ2v) is 7.74.